The normalized spacial score (nSPS) is 22.1. The number of carboxylic acids is 8. The predicted octanol–water partition coefficient (Wildman–Crippen LogP) is 0.0773. The molecule has 39 nitrogen and oxygen atoms in total. The van der Waals surface area contributed by atoms with Crippen molar-refractivity contribution in [2.24, 2.45) is 5.73 Å². The van der Waals surface area contributed by atoms with Crippen LogP contribution in [-0.4, -0.2) is 384 Å². The van der Waals surface area contributed by atoms with Crippen molar-refractivity contribution in [3.05, 3.63) is 59.7 Å². The maximum atomic E-state index is 12.7. The number of thioether (sulfide) groups is 2. The summed E-state index contributed by atoms with van der Waals surface area (Å²) in [5.74, 6) is -7.38. The first-order chi connectivity index (χ1) is 56.8. The zero-order valence-electron chi connectivity index (χ0n) is 67.6. The minimum atomic E-state index is -1.09. The zero-order valence-corrected chi connectivity index (χ0v) is 69.2. The maximum absolute atomic E-state index is 12.7. The lowest BCUT2D eigenvalue weighted by Crippen LogP contribution is -2.53. The monoisotopic (exact) mass is 1720 g/mol. The van der Waals surface area contributed by atoms with Crippen LogP contribution >= 0.6 is 23.5 Å². The zero-order chi connectivity index (χ0) is 86.8. The first-order valence-electron chi connectivity index (χ1n) is 40.8. The van der Waals surface area contributed by atoms with E-state index in [0.29, 0.717) is 79.9 Å². The lowest BCUT2D eigenvalue weighted by molar-refractivity contribution is -0.142. The smallest absolute Gasteiger partial charge is 0.515 e. The number of carbonyl (C=O) groups excluding carboxylic acids is 6. The molecule has 0 bridgehead atoms. The second kappa shape index (κ2) is 53.6. The lowest BCUT2D eigenvalue weighted by atomic mass is 10.0. The molecule has 6 fully saturated rings. The highest BCUT2D eigenvalue weighted by Gasteiger charge is 2.44. The number of amides is 7. The molecule has 2 aromatic carbocycles. The van der Waals surface area contributed by atoms with Gasteiger partial charge in [0.15, 0.2) is 0 Å². The Hall–Kier alpha value is -9.04. The Labute approximate surface area is 700 Å². The van der Waals surface area contributed by atoms with Crippen LogP contribution in [0, 0.1) is 0 Å². The Balaban J connectivity index is 0.000000319. The number of nitrogens with zero attached hydrogens (tertiary/aromatic N) is 8. The molecule has 8 rings (SSSR count). The van der Waals surface area contributed by atoms with Crippen LogP contribution in [-0.2, 0) is 70.4 Å². The second-order valence-electron chi connectivity index (χ2n) is 30.8. The molecule has 7 amide bonds. The molecule has 6 saturated heterocycles. The van der Waals surface area contributed by atoms with E-state index in [2.05, 4.69) is 37.2 Å². The average Bonchev–Trinajstić information content (AvgIpc) is 1.68. The number of unbranched alkanes of at least 4 members (excludes halogenated alkanes) is 6. The highest BCUT2D eigenvalue weighted by Crippen LogP contribution is 2.35. The van der Waals surface area contributed by atoms with Crippen LogP contribution < -0.4 is 43.0 Å². The molecule has 0 aromatic heterocycles. The molecular formula is C78H123N16O23S2+. The van der Waals surface area contributed by atoms with E-state index in [0.717, 1.165) is 93.3 Å². The fourth-order valence-electron chi connectivity index (χ4n) is 15.2. The molecule has 19 N–H and O–H groups in total. The molecule has 664 valence electrons. The van der Waals surface area contributed by atoms with Gasteiger partial charge in [0.05, 0.1) is 76.5 Å². The average molecular weight is 1720 g/mol. The Morgan fingerprint density at radius 1 is 0.387 bits per heavy atom. The summed E-state index contributed by atoms with van der Waals surface area (Å²) in [5.41, 5.74) is 8.34. The molecule has 6 aliphatic heterocycles. The van der Waals surface area contributed by atoms with Gasteiger partial charge in [-0.15, -0.1) is 0 Å². The molecule has 0 spiro atoms. The van der Waals surface area contributed by atoms with Gasteiger partial charge in [0.25, 0.3) is 0 Å². The Kier molecular flexibility index (Phi) is 44.5. The van der Waals surface area contributed by atoms with Crippen molar-refractivity contribution in [1.82, 2.24) is 65.8 Å². The third-order valence-electron chi connectivity index (χ3n) is 21.2. The van der Waals surface area contributed by atoms with Gasteiger partial charge in [0.2, 0.25) is 17.7 Å². The molecule has 6 aliphatic rings. The van der Waals surface area contributed by atoms with Crippen LogP contribution in [0.4, 0.5) is 21.0 Å². The molecule has 8 unspecified atom stereocenters. The summed E-state index contributed by atoms with van der Waals surface area (Å²) in [4.78, 5) is 177. The Morgan fingerprint density at radius 3 is 1.06 bits per heavy atom. The number of nitrogens with two attached hydrogens (primary N) is 1. The fourth-order valence-corrected chi connectivity index (χ4v) is 18.3. The summed E-state index contributed by atoms with van der Waals surface area (Å²) < 4.78 is 0. The number of aliphatic carboxylic acids is 8. The van der Waals surface area contributed by atoms with Gasteiger partial charge in [-0.3, -0.25) is 91.9 Å². The quantitative estimate of drug-likeness (QED) is 0.0237. The van der Waals surface area contributed by atoms with E-state index >= 15 is 0 Å². The van der Waals surface area contributed by atoms with E-state index in [9.17, 15) is 108 Å². The molecule has 119 heavy (non-hydrogen) atoms. The minimum absolute atomic E-state index is 0.0178. The third-order valence-corrected chi connectivity index (χ3v) is 24.2. The SMILES string of the molecule is NCCCCCC(=O)Nc1ccc(CC2CN(CC(=O)O)CCN(CC(=O)O)CCN(CC(=O)O)CCN2CC(=O)O)cc1.O=C(O)CN1CCN(CC(=O)O)CCN(CC(=O)O)C(Cc2ccc(NC(=O)CCCCCNC(=O)CCCCC3SCC4NC(=O)NC43)cc2)CN(CC(=O)O)CC1.O=C([OH2+])CCCCC1SCC2NC(=O)NC21. The van der Waals surface area contributed by atoms with Gasteiger partial charge in [-0.1, -0.05) is 49.9 Å². The second-order valence-corrected chi connectivity index (χ2v) is 33.3. The van der Waals surface area contributed by atoms with Crippen molar-refractivity contribution in [2.45, 2.75) is 162 Å². The van der Waals surface area contributed by atoms with Gasteiger partial charge in [-0.25, -0.2) is 9.59 Å². The molecule has 8 atom stereocenters. The summed E-state index contributed by atoms with van der Waals surface area (Å²) in [5, 5.41) is 105. The first-order valence-corrected chi connectivity index (χ1v) is 42.9. The third kappa shape index (κ3) is 40.3. The van der Waals surface area contributed by atoms with Crippen LogP contribution in [0.1, 0.15) is 114 Å². The van der Waals surface area contributed by atoms with Crippen LogP contribution in [0.25, 0.3) is 0 Å². The van der Waals surface area contributed by atoms with E-state index in [-0.39, 0.29) is 198 Å². The van der Waals surface area contributed by atoms with Gasteiger partial charge in [0.1, 0.15) is 6.42 Å². The predicted molar refractivity (Wildman–Crippen MR) is 444 cm³/mol. The number of urea groups is 2. The molecule has 0 saturated carbocycles. The van der Waals surface area contributed by atoms with Crippen LogP contribution in [0.3, 0.4) is 0 Å². The topological polar surface area (TPSA) is 560 Å². The van der Waals surface area contributed by atoms with Gasteiger partial charge < -0.3 is 88.9 Å². The van der Waals surface area contributed by atoms with Gasteiger partial charge in [-0.05, 0) is 106 Å². The summed E-state index contributed by atoms with van der Waals surface area (Å²) >= 11 is 3.76. The van der Waals surface area contributed by atoms with Gasteiger partial charge in [-0.2, -0.15) is 23.5 Å². The summed E-state index contributed by atoms with van der Waals surface area (Å²) in [6, 6.07) is 14.1. The molecule has 41 heteroatoms. The highest BCUT2D eigenvalue weighted by atomic mass is 32.2. The summed E-state index contributed by atoms with van der Waals surface area (Å²) in [6.07, 6.45) is 12.3. The Bertz CT molecular complexity index is 3620. The number of anilines is 2. The molecule has 0 aliphatic carbocycles. The van der Waals surface area contributed by atoms with E-state index in [1.54, 1.807) is 63.5 Å². The minimum Gasteiger partial charge on any atom is -0.565 e. The summed E-state index contributed by atoms with van der Waals surface area (Å²) in [7, 11) is 0. The lowest BCUT2D eigenvalue weighted by Gasteiger charge is -2.37. The Morgan fingerprint density at radius 2 is 0.706 bits per heavy atom. The largest absolute Gasteiger partial charge is 0.565 e. The van der Waals surface area contributed by atoms with Crippen LogP contribution in [0.15, 0.2) is 48.5 Å². The van der Waals surface area contributed by atoms with E-state index in [4.69, 9.17) is 10.8 Å². The number of carboxylic acid groups (broad SMARTS) is 8. The van der Waals surface area contributed by atoms with Crippen molar-refractivity contribution in [1.29, 1.82) is 0 Å². The number of benzene rings is 2. The van der Waals surface area contributed by atoms with Crippen molar-refractivity contribution < 1.29 is 113 Å². The van der Waals surface area contributed by atoms with Crippen molar-refractivity contribution in [3.8, 4) is 0 Å². The molecular weight excluding hydrogens is 1590 g/mol. The number of carbonyl (C=O) groups is 14. The molecule has 6 heterocycles. The molecule has 0 radical (unpaired) electrons. The number of fused-ring (bicyclic) bond motifs is 2. The standard InChI is InChI=1S/C39H60N8O11S.C29H46N6O9.C10H16N2O3S/c48-32(7-4-3-6-31-38-30(26-59-31)42-39(58)43-38)40-13-5-1-2-8-33(49)41-28-11-9-27(10-12-28)20-29-21-46(24-36(54)55)17-16-44(22-34(50)51)14-15-45(23-35(52)53)18-19-47(29)25-37(56)57;30-9-3-1-2-4-25(36)31-23-7-5-22(6-8-23)16-24-17-34(20-28(41)42)13-12-32(18-26(37)38)10-11-33(19-27(39)40)14-15-35(24)21-29(43)44;13-8(14)4-2-1-3-7-9-6(5-16-7)11-10(15)12-9/h9-12,29-31,38H,1-8,13-26H2,(H,40,48)(H,41,49)(H,50,51)(H,52,53)(H,54,55)(H,56,57)(H2,42,43,58);5-8,24H,1-4,9-21,30H2,(H,31,36)(H,37,38)(H,39,40)(H,41,42)(H,43,44);6-7,9H,1-5H2,(H,13,14)(H2,11,12,15)/p+1. The van der Waals surface area contributed by atoms with E-state index in [1.165, 1.54) is 0 Å². The van der Waals surface area contributed by atoms with Crippen LogP contribution in [0.2, 0.25) is 0 Å². The summed E-state index contributed by atoms with van der Waals surface area (Å²) in [6.45, 7) is 1.49. The highest BCUT2D eigenvalue weighted by molar-refractivity contribution is 8.00. The van der Waals surface area contributed by atoms with Crippen molar-refractivity contribution in [3.63, 3.8) is 0 Å². The van der Waals surface area contributed by atoms with E-state index < -0.39 is 65.8 Å². The number of rotatable bonds is 43. The fraction of sp³-hybridized carbons (Fsp3) is 0.667. The van der Waals surface area contributed by atoms with Gasteiger partial charge >= 0.3 is 65.8 Å². The molecule has 2 aromatic rings. The first kappa shape index (κ1) is 98.8. The van der Waals surface area contributed by atoms with Crippen LogP contribution in [0.5, 0.6) is 0 Å². The van der Waals surface area contributed by atoms with Crippen molar-refractivity contribution >= 4 is 118 Å². The maximum Gasteiger partial charge on any atom is 0.515 e. The number of hydrogen-bond donors (Lipinski definition) is 16. The number of hydrogen-bond acceptors (Lipinski definition) is 25. The number of nitrogens with one attached hydrogen (secondary N) is 7. The van der Waals surface area contributed by atoms with Crippen molar-refractivity contribution in [2.75, 3.05) is 179 Å². The van der Waals surface area contributed by atoms with Gasteiger partial charge in [0, 0.05) is 168 Å². The van der Waals surface area contributed by atoms with E-state index in [1.807, 2.05) is 47.8 Å².